The van der Waals surface area contributed by atoms with E-state index in [2.05, 4.69) is 11.2 Å². The SMILES string of the molecule is C#CCCOc1ccc(CNCC2(O)CCOCC2)cc1. The molecule has 1 aromatic rings. The first-order valence-corrected chi connectivity index (χ1v) is 7.38. The van der Waals surface area contributed by atoms with Gasteiger partial charge in [0.25, 0.3) is 0 Å². The summed E-state index contributed by atoms with van der Waals surface area (Å²) in [4.78, 5) is 0. The first-order valence-electron chi connectivity index (χ1n) is 7.38. The lowest BCUT2D eigenvalue weighted by Crippen LogP contribution is -2.44. The molecule has 1 heterocycles. The molecule has 114 valence electrons. The van der Waals surface area contributed by atoms with E-state index in [9.17, 15) is 5.11 Å². The number of benzene rings is 1. The fourth-order valence-corrected chi connectivity index (χ4v) is 2.30. The van der Waals surface area contributed by atoms with Crippen molar-refractivity contribution in [3.05, 3.63) is 29.8 Å². The molecule has 0 spiro atoms. The Labute approximate surface area is 126 Å². The highest BCUT2D eigenvalue weighted by molar-refractivity contribution is 5.27. The van der Waals surface area contributed by atoms with Crippen molar-refractivity contribution in [3.8, 4) is 18.1 Å². The molecule has 0 aromatic heterocycles. The van der Waals surface area contributed by atoms with E-state index in [0.717, 1.165) is 17.9 Å². The molecule has 0 bridgehead atoms. The van der Waals surface area contributed by atoms with Crippen LogP contribution in [0.4, 0.5) is 0 Å². The lowest BCUT2D eigenvalue weighted by atomic mass is 9.94. The standard InChI is InChI=1S/C17H23NO3/c1-2-3-10-21-16-6-4-15(5-7-16)13-18-14-17(19)8-11-20-12-9-17/h1,4-7,18-19H,3,8-14H2. The van der Waals surface area contributed by atoms with Crippen LogP contribution in [0.1, 0.15) is 24.8 Å². The predicted molar refractivity (Wildman–Crippen MR) is 82.1 cm³/mol. The Morgan fingerprint density at radius 3 is 2.67 bits per heavy atom. The number of hydrogen-bond acceptors (Lipinski definition) is 4. The summed E-state index contributed by atoms with van der Waals surface area (Å²) >= 11 is 0. The Morgan fingerprint density at radius 2 is 2.00 bits per heavy atom. The van der Waals surface area contributed by atoms with Gasteiger partial charge in [0.1, 0.15) is 5.75 Å². The van der Waals surface area contributed by atoms with E-state index >= 15 is 0 Å². The Morgan fingerprint density at radius 1 is 1.29 bits per heavy atom. The minimum atomic E-state index is -0.628. The summed E-state index contributed by atoms with van der Waals surface area (Å²) in [5, 5.41) is 13.6. The van der Waals surface area contributed by atoms with E-state index in [-0.39, 0.29) is 0 Å². The molecule has 2 rings (SSSR count). The van der Waals surface area contributed by atoms with E-state index < -0.39 is 5.60 Å². The molecule has 2 N–H and O–H groups in total. The molecule has 21 heavy (non-hydrogen) atoms. The van der Waals surface area contributed by atoms with Gasteiger partial charge >= 0.3 is 0 Å². The van der Waals surface area contributed by atoms with E-state index in [4.69, 9.17) is 15.9 Å². The van der Waals surface area contributed by atoms with Gasteiger partial charge in [-0.05, 0) is 17.7 Å². The lowest BCUT2D eigenvalue weighted by molar-refractivity contribution is -0.0617. The van der Waals surface area contributed by atoms with Crippen LogP contribution in [0.15, 0.2) is 24.3 Å². The van der Waals surface area contributed by atoms with Gasteiger partial charge in [-0.25, -0.2) is 0 Å². The van der Waals surface area contributed by atoms with Crippen molar-refractivity contribution in [3.63, 3.8) is 0 Å². The van der Waals surface area contributed by atoms with Gasteiger partial charge in [-0.3, -0.25) is 0 Å². The molecule has 4 nitrogen and oxygen atoms in total. The van der Waals surface area contributed by atoms with Crippen LogP contribution in [-0.4, -0.2) is 37.1 Å². The van der Waals surface area contributed by atoms with Crippen LogP contribution in [0.2, 0.25) is 0 Å². The molecule has 0 aliphatic carbocycles. The largest absolute Gasteiger partial charge is 0.493 e. The first kappa shape index (κ1) is 15.8. The highest BCUT2D eigenvalue weighted by Crippen LogP contribution is 2.19. The average Bonchev–Trinajstić information content (AvgIpc) is 2.50. The van der Waals surface area contributed by atoms with Crippen molar-refractivity contribution >= 4 is 0 Å². The number of ether oxygens (including phenoxy) is 2. The van der Waals surface area contributed by atoms with Gasteiger partial charge in [-0.1, -0.05) is 12.1 Å². The molecule has 0 radical (unpaired) electrons. The zero-order valence-electron chi connectivity index (χ0n) is 12.3. The van der Waals surface area contributed by atoms with Crippen LogP contribution in [0, 0.1) is 12.3 Å². The van der Waals surface area contributed by atoms with Gasteiger partial charge in [0.15, 0.2) is 0 Å². The zero-order chi connectivity index (χ0) is 15.0. The fraction of sp³-hybridized carbons (Fsp3) is 0.529. The number of aliphatic hydroxyl groups is 1. The highest BCUT2D eigenvalue weighted by Gasteiger charge is 2.28. The first-order chi connectivity index (χ1) is 10.2. The number of hydrogen-bond donors (Lipinski definition) is 2. The number of terminal acetylenes is 1. The molecular formula is C17H23NO3. The van der Waals surface area contributed by atoms with Gasteiger partial charge in [0, 0.05) is 45.6 Å². The molecule has 0 saturated carbocycles. The van der Waals surface area contributed by atoms with Crippen molar-refractivity contribution in [1.82, 2.24) is 5.32 Å². The monoisotopic (exact) mass is 289 g/mol. The van der Waals surface area contributed by atoms with Crippen LogP contribution in [-0.2, 0) is 11.3 Å². The van der Waals surface area contributed by atoms with Gasteiger partial charge in [0.05, 0.1) is 12.2 Å². The maximum Gasteiger partial charge on any atom is 0.119 e. The van der Waals surface area contributed by atoms with Crippen LogP contribution >= 0.6 is 0 Å². The van der Waals surface area contributed by atoms with E-state index in [1.165, 1.54) is 0 Å². The maximum atomic E-state index is 10.3. The van der Waals surface area contributed by atoms with Crippen molar-refractivity contribution in [2.45, 2.75) is 31.4 Å². The maximum absolute atomic E-state index is 10.3. The molecular weight excluding hydrogens is 266 g/mol. The normalized spacial score (nSPS) is 17.1. The van der Waals surface area contributed by atoms with Crippen molar-refractivity contribution in [2.75, 3.05) is 26.4 Å². The quantitative estimate of drug-likeness (QED) is 0.593. The Kier molecular flexibility index (Phi) is 6.06. The minimum Gasteiger partial charge on any atom is -0.493 e. The minimum absolute atomic E-state index is 0.545. The summed E-state index contributed by atoms with van der Waals surface area (Å²) in [6.07, 6.45) is 7.19. The van der Waals surface area contributed by atoms with Crippen LogP contribution < -0.4 is 10.1 Å². The summed E-state index contributed by atoms with van der Waals surface area (Å²) in [6.45, 7) is 3.15. The van der Waals surface area contributed by atoms with Gasteiger partial charge in [-0.15, -0.1) is 12.3 Å². The van der Waals surface area contributed by atoms with Crippen LogP contribution in [0.25, 0.3) is 0 Å². The van der Waals surface area contributed by atoms with Crippen molar-refractivity contribution < 1.29 is 14.6 Å². The molecule has 1 aromatic carbocycles. The number of nitrogens with one attached hydrogen (secondary N) is 1. The Hall–Kier alpha value is -1.54. The second kappa shape index (κ2) is 8.04. The second-order valence-electron chi connectivity index (χ2n) is 5.39. The average molecular weight is 289 g/mol. The highest BCUT2D eigenvalue weighted by atomic mass is 16.5. The molecule has 0 amide bonds. The zero-order valence-corrected chi connectivity index (χ0v) is 12.3. The molecule has 4 heteroatoms. The van der Waals surface area contributed by atoms with Crippen LogP contribution in [0.5, 0.6) is 5.75 Å². The topological polar surface area (TPSA) is 50.7 Å². The van der Waals surface area contributed by atoms with Gasteiger partial charge < -0.3 is 19.9 Å². The van der Waals surface area contributed by atoms with E-state index in [1.54, 1.807) is 0 Å². The molecule has 1 aliphatic heterocycles. The summed E-state index contributed by atoms with van der Waals surface area (Å²) in [6, 6.07) is 7.92. The van der Waals surface area contributed by atoms with E-state index in [0.29, 0.717) is 45.6 Å². The third kappa shape index (κ3) is 5.39. The lowest BCUT2D eigenvalue weighted by Gasteiger charge is -2.32. The van der Waals surface area contributed by atoms with Crippen molar-refractivity contribution in [2.24, 2.45) is 0 Å². The number of rotatable bonds is 7. The molecule has 0 unspecified atom stereocenters. The second-order valence-corrected chi connectivity index (χ2v) is 5.39. The summed E-state index contributed by atoms with van der Waals surface area (Å²) in [5.74, 6) is 3.37. The van der Waals surface area contributed by atoms with Gasteiger partial charge in [0.2, 0.25) is 0 Å². The van der Waals surface area contributed by atoms with Crippen LogP contribution in [0.3, 0.4) is 0 Å². The molecule has 1 saturated heterocycles. The predicted octanol–water partition coefficient (Wildman–Crippen LogP) is 1.72. The molecule has 0 atom stereocenters. The van der Waals surface area contributed by atoms with Gasteiger partial charge in [-0.2, -0.15) is 0 Å². The molecule has 1 aliphatic rings. The third-order valence-corrected chi connectivity index (χ3v) is 3.65. The smallest absolute Gasteiger partial charge is 0.119 e. The summed E-state index contributed by atoms with van der Waals surface area (Å²) in [7, 11) is 0. The third-order valence-electron chi connectivity index (χ3n) is 3.65. The summed E-state index contributed by atoms with van der Waals surface area (Å²) < 4.78 is 10.8. The fourth-order valence-electron chi connectivity index (χ4n) is 2.30. The Bertz CT molecular complexity index is 458. The van der Waals surface area contributed by atoms with E-state index in [1.807, 2.05) is 24.3 Å². The summed E-state index contributed by atoms with van der Waals surface area (Å²) in [5.41, 5.74) is 0.534. The van der Waals surface area contributed by atoms with Crippen molar-refractivity contribution in [1.29, 1.82) is 0 Å². The Balaban J connectivity index is 1.72. The molecule has 1 fully saturated rings.